The van der Waals surface area contributed by atoms with Crippen LogP contribution in [0.15, 0.2) is 60.0 Å². The normalized spacial score (nSPS) is 11.0. The van der Waals surface area contributed by atoms with E-state index in [0.29, 0.717) is 19.0 Å². The molecule has 1 aromatic carbocycles. The smallest absolute Gasteiger partial charge is 0.191 e. The number of aliphatic imine (C=N–C) groups is 1. The van der Waals surface area contributed by atoms with Crippen LogP contribution in [0.25, 0.3) is 5.82 Å². The topological polar surface area (TPSA) is 67.1 Å². The predicted octanol–water partition coefficient (Wildman–Crippen LogP) is 3.20. The fourth-order valence-electron chi connectivity index (χ4n) is 2.52. The molecule has 142 valence electrons. The van der Waals surface area contributed by atoms with Gasteiger partial charge in [-0.25, -0.2) is 14.4 Å². The van der Waals surface area contributed by atoms with E-state index in [9.17, 15) is 4.39 Å². The summed E-state index contributed by atoms with van der Waals surface area (Å²) in [6.07, 6.45) is 5.45. The van der Waals surface area contributed by atoms with E-state index < -0.39 is 0 Å². The zero-order valence-electron chi connectivity index (χ0n) is 15.2. The van der Waals surface area contributed by atoms with Crippen LogP contribution >= 0.6 is 24.0 Å². The van der Waals surface area contributed by atoms with E-state index >= 15 is 0 Å². The summed E-state index contributed by atoms with van der Waals surface area (Å²) in [4.78, 5) is 12.8. The molecule has 0 aliphatic carbocycles. The Morgan fingerprint density at radius 3 is 2.48 bits per heavy atom. The Bertz CT molecular complexity index is 891. The van der Waals surface area contributed by atoms with Gasteiger partial charge in [-0.05, 0) is 36.2 Å². The van der Waals surface area contributed by atoms with Crippen molar-refractivity contribution < 1.29 is 4.39 Å². The molecule has 0 aliphatic rings. The standard InChI is InChI=1S/C19H21FN6.HI/c1-14-22-8-9-26(14)18-7-6-16(12-23-18)13-25-19(21-2)24-11-15-4-3-5-17(20)10-15;/h3-10,12H,11,13H2,1-2H3,(H2,21,24,25);1H. The van der Waals surface area contributed by atoms with Crippen molar-refractivity contribution in [2.24, 2.45) is 4.99 Å². The lowest BCUT2D eigenvalue weighted by molar-refractivity contribution is 0.624. The van der Waals surface area contributed by atoms with Crippen molar-refractivity contribution >= 4 is 29.9 Å². The summed E-state index contributed by atoms with van der Waals surface area (Å²) in [5, 5.41) is 6.39. The molecule has 0 aliphatic heterocycles. The number of nitrogens with zero attached hydrogens (tertiary/aromatic N) is 4. The number of halogens is 2. The van der Waals surface area contributed by atoms with E-state index in [2.05, 4.69) is 25.6 Å². The first-order valence-corrected chi connectivity index (χ1v) is 8.30. The molecule has 0 saturated carbocycles. The number of rotatable bonds is 5. The van der Waals surface area contributed by atoms with Crippen LogP contribution in [0.1, 0.15) is 17.0 Å². The van der Waals surface area contributed by atoms with E-state index in [-0.39, 0.29) is 29.8 Å². The Labute approximate surface area is 175 Å². The molecule has 0 bridgehead atoms. The lowest BCUT2D eigenvalue weighted by Gasteiger charge is -2.12. The molecule has 0 atom stereocenters. The van der Waals surface area contributed by atoms with Gasteiger partial charge in [0.15, 0.2) is 5.96 Å². The van der Waals surface area contributed by atoms with Gasteiger partial charge in [0, 0.05) is 38.7 Å². The van der Waals surface area contributed by atoms with E-state index in [1.165, 1.54) is 12.1 Å². The summed E-state index contributed by atoms with van der Waals surface area (Å²) >= 11 is 0. The SMILES string of the molecule is CN=C(NCc1ccc(-n2ccnc2C)nc1)NCc1cccc(F)c1.I. The van der Waals surface area contributed by atoms with E-state index in [1.807, 2.05) is 42.1 Å². The van der Waals surface area contributed by atoms with Gasteiger partial charge >= 0.3 is 0 Å². The van der Waals surface area contributed by atoms with Crippen LogP contribution in [0.4, 0.5) is 4.39 Å². The summed E-state index contributed by atoms with van der Waals surface area (Å²) < 4.78 is 15.1. The maximum atomic E-state index is 13.2. The highest BCUT2D eigenvalue weighted by atomic mass is 127. The fourth-order valence-corrected chi connectivity index (χ4v) is 2.52. The predicted molar refractivity (Wildman–Crippen MR) is 115 cm³/mol. The van der Waals surface area contributed by atoms with Crippen LogP contribution in [0, 0.1) is 12.7 Å². The maximum Gasteiger partial charge on any atom is 0.191 e. The van der Waals surface area contributed by atoms with Gasteiger partial charge in [0.25, 0.3) is 0 Å². The summed E-state index contributed by atoms with van der Waals surface area (Å²) in [6, 6.07) is 10.4. The van der Waals surface area contributed by atoms with Gasteiger partial charge in [0.05, 0.1) is 0 Å². The third-order valence-electron chi connectivity index (χ3n) is 3.91. The van der Waals surface area contributed by atoms with E-state index in [1.54, 1.807) is 19.3 Å². The van der Waals surface area contributed by atoms with Crippen molar-refractivity contribution in [2.45, 2.75) is 20.0 Å². The Hall–Kier alpha value is -2.49. The van der Waals surface area contributed by atoms with Crippen LogP contribution in [0.3, 0.4) is 0 Å². The summed E-state index contributed by atoms with van der Waals surface area (Å²) in [7, 11) is 1.70. The third kappa shape index (κ3) is 5.75. The second-order valence-corrected chi connectivity index (χ2v) is 5.78. The largest absolute Gasteiger partial charge is 0.352 e. The molecule has 0 unspecified atom stereocenters. The minimum Gasteiger partial charge on any atom is -0.352 e. The Kier molecular flexibility index (Phi) is 7.71. The number of benzene rings is 1. The molecule has 3 aromatic rings. The number of imidazole rings is 1. The van der Waals surface area contributed by atoms with Crippen molar-refractivity contribution in [1.82, 2.24) is 25.2 Å². The number of nitrogens with one attached hydrogen (secondary N) is 2. The molecule has 8 heteroatoms. The number of hydrogen-bond acceptors (Lipinski definition) is 3. The van der Waals surface area contributed by atoms with E-state index in [0.717, 1.165) is 22.8 Å². The lowest BCUT2D eigenvalue weighted by atomic mass is 10.2. The van der Waals surface area contributed by atoms with Gasteiger partial charge in [0.2, 0.25) is 0 Å². The minimum atomic E-state index is -0.244. The van der Waals surface area contributed by atoms with Gasteiger partial charge in [-0.15, -0.1) is 24.0 Å². The van der Waals surface area contributed by atoms with Crippen molar-refractivity contribution in [3.05, 3.63) is 77.8 Å². The van der Waals surface area contributed by atoms with Gasteiger partial charge in [-0.1, -0.05) is 18.2 Å². The maximum absolute atomic E-state index is 13.2. The number of guanidine groups is 1. The molecule has 2 aromatic heterocycles. The Morgan fingerprint density at radius 2 is 1.89 bits per heavy atom. The van der Waals surface area contributed by atoms with Crippen molar-refractivity contribution in [2.75, 3.05) is 7.05 Å². The van der Waals surface area contributed by atoms with Crippen molar-refractivity contribution in [3.63, 3.8) is 0 Å². The average molecular weight is 480 g/mol. The fraction of sp³-hybridized carbons (Fsp3) is 0.211. The third-order valence-corrected chi connectivity index (χ3v) is 3.91. The highest BCUT2D eigenvalue weighted by molar-refractivity contribution is 14.0. The number of aryl methyl sites for hydroxylation is 1. The number of aromatic nitrogens is 3. The highest BCUT2D eigenvalue weighted by Gasteiger charge is 2.03. The molecule has 0 radical (unpaired) electrons. The Morgan fingerprint density at radius 1 is 1.11 bits per heavy atom. The first-order chi connectivity index (χ1) is 12.7. The molecular formula is C19H22FIN6. The van der Waals surface area contributed by atoms with Gasteiger partial charge in [0.1, 0.15) is 17.5 Å². The minimum absolute atomic E-state index is 0. The quantitative estimate of drug-likeness (QED) is 0.335. The van der Waals surface area contributed by atoms with E-state index in [4.69, 9.17) is 0 Å². The molecule has 0 saturated heterocycles. The zero-order chi connectivity index (χ0) is 18.4. The van der Waals surface area contributed by atoms with Crippen LogP contribution in [-0.2, 0) is 13.1 Å². The van der Waals surface area contributed by atoms with Gasteiger partial charge in [-0.3, -0.25) is 9.56 Å². The monoisotopic (exact) mass is 480 g/mol. The highest BCUT2D eigenvalue weighted by Crippen LogP contribution is 2.08. The molecule has 2 heterocycles. The summed E-state index contributed by atoms with van der Waals surface area (Å²) in [6.45, 7) is 3.01. The molecule has 2 N–H and O–H groups in total. The second kappa shape index (κ2) is 10.0. The average Bonchev–Trinajstić information content (AvgIpc) is 3.08. The molecule has 0 spiro atoms. The van der Waals surface area contributed by atoms with Crippen molar-refractivity contribution in [1.29, 1.82) is 0 Å². The van der Waals surface area contributed by atoms with Crippen LogP contribution in [-0.4, -0.2) is 27.5 Å². The molecule has 0 fully saturated rings. The van der Waals surface area contributed by atoms with Crippen LogP contribution in [0.5, 0.6) is 0 Å². The molecular weight excluding hydrogens is 458 g/mol. The second-order valence-electron chi connectivity index (χ2n) is 5.78. The zero-order valence-corrected chi connectivity index (χ0v) is 17.5. The molecule has 0 amide bonds. The molecule has 6 nitrogen and oxygen atoms in total. The first kappa shape index (κ1) is 20.8. The Balaban J connectivity index is 0.00000261. The number of hydrogen-bond donors (Lipinski definition) is 2. The first-order valence-electron chi connectivity index (χ1n) is 8.30. The lowest BCUT2D eigenvalue weighted by Crippen LogP contribution is -2.36. The van der Waals surface area contributed by atoms with Crippen molar-refractivity contribution in [3.8, 4) is 5.82 Å². The van der Waals surface area contributed by atoms with Gasteiger partial charge in [-0.2, -0.15) is 0 Å². The van der Waals surface area contributed by atoms with Crippen LogP contribution < -0.4 is 10.6 Å². The molecule has 27 heavy (non-hydrogen) atoms. The molecule has 3 rings (SSSR count). The summed E-state index contributed by atoms with van der Waals surface area (Å²) in [5.74, 6) is 2.12. The summed E-state index contributed by atoms with van der Waals surface area (Å²) in [5.41, 5.74) is 1.88. The van der Waals surface area contributed by atoms with Gasteiger partial charge < -0.3 is 10.6 Å². The van der Waals surface area contributed by atoms with Crippen LogP contribution in [0.2, 0.25) is 0 Å². The number of pyridine rings is 1.